The Morgan fingerprint density at radius 2 is 2.04 bits per heavy atom. The number of aryl methyl sites for hydroxylation is 1. The van der Waals surface area contributed by atoms with Crippen LogP contribution in [0.25, 0.3) is 0 Å². The lowest BCUT2D eigenvalue weighted by Gasteiger charge is -2.48. The van der Waals surface area contributed by atoms with Crippen molar-refractivity contribution in [1.82, 2.24) is 0 Å². The van der Waals surface area contributed by atoms with Gasteiger partial charge in [-0.05, 0) is 73.1 Å². The fourth-order valence-corrected chi connectivity index (χ4v) is 5.53. The van der Waals surface area contributed by atoms with Gasteiger partial charge >= 0.3 is 6.16 Å². The minimum atomic E-state index is -0.679. The SMILES string of the molecule is COC(=O)Oc1ccc2c(c1)CC[C@@H]1[C@@H]2CC[C@]2(C)C(=O)CC[C@@H]12. The monoisotopic (exact) mass is 328 g/mol. The van der Waals surface area contributed by atoms with Crippen LogP contribution in [0.2, 0.25) is 0 Å². The number of hydrogen-bond donors (Lipinski definition) is 0. The summed E-state index contributed by atoms with van der Waals surface area (Å²) in [5.74, 6) is 2.75. The van der Waals surface area contributed by atoms with Gasteiger partial charge in [0.1, 0.15) is 11.5 Å². The van der Waals surface area contributed by atoms with E-state index in [2.05, 4.69) is 17.7 Å². The Kier molecular flexibility index (Phi) is 3.66. The molecule has 1 aromatic carbocycles. The molecule has 0 N–H and O–H groups in total. The predicted octanol–water partition coefficient (Wildman–Crippen LogP) is 4.26. The number of methoxy groups -OCH3 is 1. The van der Waals surface area contributed by atoms with Crippen molar-refractivity contribution in [3.05, 3.63) is 29.3 Å². The van der Waals surface area contributed by atoms with Gasteiger partial charge in [0.2, 0.25) is 0 Å². The van der Waals surface area contributed by atoms with Gasteiger partial charge in [-0.1, -0.05) is 13.0 Å². The molecule has 0 radical (unpaired) electrons. The second kappa shape index (κ2) is 5.61. The van der Waals surface area contributed by atoms with E-state index in [-0.39, 0.29) is 5.41 Å². The van der Waals surface area contributed by atoms with Crippen LogP contribution in [0.4, 0.5) is 4.79 Å². The minimum Gasteiger partial charge on any atom is -0.437 e. The molecule has 4 rings (SSSR count). The van der Waals surface area contributed by atoms with Crippen molar-refractivity contribution in [2.24, 2.45) is 17.3 Å². The van der Waals surface area contributed by atoms with Crippen LogP contribution in [0, 0.1) is 17.3 Å². The van der Waals surface area contributed by atoms with Crippen molar-refractivity contribution in [3.63, 3.8) is 0 Å². The fraction of sp³-hybridized carbons (Fsp3) is 0.600. The normalized spacial score (nSPS) is 34.1. The molecule has 0 saturated heterocycles. The molecule has 0 aliphatic heterocycles. The van der Waals surface area contributed by atoms with Gasteiger partial charge in [0.25, 0.3) is 0 Å². The highest BCUT2D eigenvalue weighted by atomic mass is 16.7. The van der Waals surface area contributed by atoms with E-state index in [1.165, 1.54) is 18.2 Å². The van der Waals surface area contributed by atoms with E-state index in [0.717, 1.165) is 38.5 Å². The topological polar surface area (TPSA) is 52.6 Å². The van der Waals surface area contributed by atoms with E-state index in [4.69, 9.17) is 4.74 Å². The summed E-state index contributed by atoms with van der Waals surface area (Å²) in [6.07, 6.45) is 5.38. The molecule has 24 heavy (non-hydrogen) atoms. The first-order valence-electron chi connectivity index (χ1n) is 8.95. The van der Waals surface area contributed by atoms with Crippen LogP contribution >= 0.6 is 0 Å². The number of ketones is 1. The van der Waals surface area contributed by atoms with Gasteiger partial charge in [-0.3, -0.25) is 4.79 Å². The lowest BCUT2D eigenvalue weighted by molar-refractivity contribution is -0.129. The molecule has 4 heteroatoms. The van der Waals surface area contributed by atoms with Crippen molar-refractivity contribution in [2.45, 2.75) is 51.4 Å². The van der Waals surface area contributed by atoms with Gasteiger partial charge < -0.3 is 9.47 Å². The first kappa shape index (κ1) is 15.7. The number of ether oxygens (including phenoxy) is 2. The summed E-state index contributed by atoms with van der Waals surface area (Å²) in [6, 6.07) is 5.96. The number of fused-ring (bicyclic) bond motifs is 5. The van der Waals surface area contributed by atoms with E-state index in [0.29, 0.717) is 29.3 Å². The Hall–Kier alpha value is -1.84. The maximum atomic E-state index is 12.4. The molecule has 0 bridgehead atoms. The smallest absolute Gasteiger partial charge is 0.437 e. The molecule has 0 spiro atoms. The van der Waals surface area contributed by atoms with Crippen LogP contribution in [0.5, 0.6) is 5.75 Å². The van der Waals surface area contributed by atoms with Crippen molar-refractivity contribution < 1.29 is 19.1 Å². The molecule has 3 aliphatic carbocycles. The van der Waals surface area contributed by atoms with E-state index in [1.807, 2.05) is 12.1 Å². The quantitative estimate of drug-likeness (QED) is 0.571. The average molecular weight is 328 g/mol. The molecule has 128 valence electrons. The van der Waals surface area contributed by atoms with Crippen LogP contribution in [-0.2, 0) is 16.0 Å². The van der Waals surface area contributed by atoms with E-state index >= 15 is 0 Å². The minimum absolute atomic E-state index is 0.0768. The van der Waals surface area contributed by atoms with Gasteiger partial charge in [0.15, 0.2) is 0 Å². The molecular formula is C20H24O4. The maximum absolute atomic E-state index is 12.4. The zero-order valence-electron chi connectivity index (χ0n) is 14.3. The Morgan fingerprint density at radius 3 is 2.83 bits per heavy atom. The van der Waals surface area contributed by atoms with E-state index < -0.39 is 6.16 Å². The molecule has 1 aromatic rings. The molecule has 2 saturated carbocycles. The highest BCUT2D eigenvalue weighted by Gasteiger charge is 2.54. The van der Waals surface area contributed by atoms with Crippen molar-refractivity contribution >= 4 is 11.9 Å². The maximum Gasteiger partial charge on any atom is 0.513 e. The van der Waals surface area contributed by atoms with Crippen molar-refractivity contribution in [1.29, 1.82) is 0 Å². The number of hydrogen-bond acceptors (Lipinski definition) is 4. The molecule has 0 heterocycles. The van der Waals surface area contributed by atoms with Crippen LogP contribution in [0.3, 0.4) is 0 Å². The zero-order chi connectivity index (χ0) is 16.9. The van der Waals surface area contributed by atoms with Gasteiger partial charge in [0.05, 0.1) is 7.11 Å². The number of rotatable bonds is 1. The Bertz CT molecular complexity index is 695. The molecular weight excluding hydrogens is 304 g/mol. The number of carbonyl (C=O) groups is 2. The molecule has 0 amide bonds. The summed E-state index contributed by atoms with van der Waals surface area (Å²) in [7, 11) is 1.31. The third-order valence-electron chi connectivity index (χ3n) is 6.77. The number of carbonyl (C=O) groups excluding carboxylic acids is 2. The fourth-order valence-electron chi connectivity index (χ4n) is 5.53. The first-order valence-corrected chi connectivity index (χ1v) is 8.95. The molecule has 0 aromatic heterocycles. The zero-order valence-corrected chi connectivity index (χ0v) is 14.3. The highest BCUT2D eigenvalue weighted by molar-refractivity contribution is 5.87. The van der Waals surface area contributed by atoms with Crippen LogP contribution < -0.4 is 4.74 Å². The van der Waals surface area contributed by atoms with Crippen LogP contribution in [-0.4, -0.2) is 19.0 Å². The first-order chi connectivity index (χ1) is 11.5. The van der Waals surface area contributed by atoms with Crippen molar-refractivity contribution in [3.8, 4) is 5.75 Å². The largest absolute Gasteiger partial charge is 0.513 e. The lowest BCUT2D eigenvalue weighted by Crippen LogP contribution is -2.42. The number of Topliss-reactive ketones (excluding diaryl/α,β-unsaturated/α-hetero) is 1. The number of benzene rings is 1. The lowest BCUT2D eigenvalue weighted by atomic mass is 9.55. The van der Waals surface area contributed by atoms with Gasteiger partial charge in [-0.25, -0.2) is 4.79 Å². The summed E-state index contributed by atoms with van der Waals surface area (Å²) in [5, 5.41) is 0. The van der Waals surface area contributed by atoms with E-state index in [9.17, 15) is 9.59 Å². The Labute approximate surface area is 142 Å². The summed E-state index contributed by atoms with van der Waals surface area (Å²) >= 11 is 0. The second-order valence-corrected chi connectivity index (χ2v) is 7.75. The summed E-state index contributed by atoms with van der Waals surface area (Å²) in [6.45, 7) is 2.20. The Balaban J connectivity index is 1.61. The summed E-state index contributed by atoms with van der Waals surface area (Å²) in [5.41, 5.74) is 2.60. The third kappa shape index (κ3) is 2.27. The average Bonchev–Trinajstić information content (AvgIpc) is 2.89. The van der Waals surface area contributed by atoms with Gasteiger partial charge in [-0.15, -0.1) is 0 Å². The molecule has 0 unspecified atom stereocenters. The molecule has 2 fully saturated rings. The Morgan fingerprint density at radius 1 is 1.21 bits per heavy atom. The molecule has 4 atom stereocenters. The van der Waals surface area contributed by atoms with Crippen LogP contribution in [0.15, 0.2) is 18.2 Å². The van der Waals surface area contributed by atoms with Gasteiger partial charge in [0, 0.05) is 11.8 Å². The summed E-state index contributed by atoms with van der Waals surface area (Å²) < 4.78 is 9.72. The van der Waals surface area contributed by atoms with Gasteiger partial charge in [-0.2, -0.15) is 0 Å². The predicted molar refractivity (Wildman–Crippen MR) is 89.1 cm³/mol. The second-order valence-electron chi connectivity index (χ2n) is 7.75. The van der Waals surface area contributed by atoms with E-state index in [1.54, 1.807) is 0 Å². The standard InChI is InChI=1S/C20H24O4/c1-20-10-9-15-14-6-4-13(24-19(22)23-2)11-12(14)3-5-16(15)17(20)7-8-18(20)21/h4,6,11,15-17H,3,5,7-10H2,1-2H3/t15-,16-,17+,20+/m1/s1. The molecule has 3 aliphatic rings. The van der Waals surface area contributed by atoms with Crippen LogP contribution in [0.1, 0.15) is 56.1 Å². The highest BCUT2D eigenvalue weighted by Crippen LogP contribution is 2.59. The molecule has 4 nitrogen and oxygen atoms in total. The van der Waals surface area contributed by atoms with Crippen molar-refractivity contribution in [2.75, 3.05) is 7.11 Å². The third-order valence-corrected chi connectivity index (χ3v) is 6.77. The summed E-state index contributed by atoms with van der Waals surface area (Å²) in [4.78, 5) is 23.7.